The quantitative estimate of drug-likeness (QED) is 0.628. The summed E-state index contributed by atoms with van der Waals surface area (Å²) >= 11 is 6.00. The van der Waals surface area contributed by atoms with Crippen LogP contribution in [0.2, 0.25) is 5.02 Å². The van der Waals surface area contributed by atoms with Gasteiger partial charge in [0.15, 0.2) is 0 Å². The van der Waals surface area contributed by atoms with Gasteiger partial charge in [-0.1, -0.05) is 11.6 Å². The fourth-order valence-corrected chi connectivity index (χ4v) is 2.51. The average molecular weight is 307 g/mol. The smallest absolute Gasteiger partial charge is 0.270 e. The molecule has 0 saturated carbocycles. The van der Waals surface area contributed by atoms with Crippen LogP contribution in [0.25, 0.3) is 0 Å². The molecule has 0 fully saturated rings. The largest absolute Gasteiger partial charge is 0.332 e. The summed E-state index contributed by atoms with van der Waals surface area (Å²) in [6.45, 7) is 1.53. The highest BCUT2D eigenvalue weighted by Crippen LogP contribution is 2.24. The van der Waals surface area contributed by atoms with Crippen molar-refractivity contribution in [1.29, 1.82) is 0 Å². The van der Waals surface area contributed by atoms with Crippen molar-refractivity contribution in [3.05, 3.63) is 57.1 Å². The van der Waals surface area contributed by atoms with E-state index in [1.54, 1.807) is 11.1 Å². The Morgan fingerprint density at radius 1 is 1.38 bits per heavy atom. The number of non-ortho nitro benzene ring substituents is 1. The molecular formula is C13H11ClN4O3. The second kappa shape index (κ2) is 5.17. The third-order valence-corrected chi connectivity index (χ3v) is 3.75. The van der Waals surface area contributed by atoms with Crippen molar-refractivity contribution in [3.8, 4) is 0 Å². The van der Waals surface area contributed by atoms with E-state index in [0.717, 1.165) is 5.82 Å². The monoisotopic (exact) mass is 306 g/mol. The maximum Gasteiger partial charge on any atom is 0.270 e. The lowest BCUT2D eigenvalue weighted by Crippen LogP contribution is -2.38. The number of nitro groups is 1. The molecule has 108 valence electrons. The summed E-state index contributed by atoms with van der Waals surface area (Å²) in [4.78, 5) is 28.5. The highest BCUT2D eigenvalue weighted by molar-refractivity contribution is 6.33. The van der Waals surface area contributed by atoms with E-state index in [1.807, 2.05) is 10.8 Å². The van der Waals surface area contributed by atoms with E-state index in [2.05, 4.69) is 4.98 Å². The van der Waals surface area contributed by atoms with Gasteiger partial charge in [0.1, 0.15) is 5.82 Å². The van der Waals surface area contributed by atoms with E-state index in [-0.39, 0.29) is 22.2 Å². The Morgan fingerprint density at radius 2 is 2.19 bits per heavy atom. The Labute approximate surface area is 124 Å². The zero-order valence-electron chi connectivity index (χ0n) is 10.9. The van der Waals surface area contributed by atoms with E-state index in [1.165, 1.54) is 18.2 Å². The molecule has 0 saturated heterocycles. The molecule has 0 radical (unpaired) electrons. The van der Waals surface area contributed by atoms with Crippen LogP contribution in [0.15, 0.2) is 30.6 Å². The number of hydrogen-bond donors (Lipinski definition) is 0. The van der Waals surface area contributed by atoms with Gasteiger partial charge in [-0.05, 0) is 6.07 Å². The number of nitro benzene ring substituents is 1. The molecule has 3 rings (SSSR count). The van der Waals surface area contributed by atoms with Crippen LogP contribution >= 0.6 is 11.6 Å². The first-order valence-electron chi connectivity index (χ1n) is 6.29. The van der Waals surface area contributed by atoms with Crippen molar-refractivity contribution in [2.24, 2.45) is 0 Å². The van der Waals surface area contributed by atoms with E-state index < -0.39 is 4.92 Å². The highest BCUT2D eigenvalue weighted by Gasteiger charge is 2.25. The SMILES string of the molecule is O=C(c1cc([N+](=O)[O-])ccc1Cl)N1CCn2ccnc2C1. The molecule has 0 spiro atoms. The van der Waals surface area contributed by atoms with Crippen molar-refractivity contribution < 1.29 is 9.72 Å². The number of benzene rings is 1. The van der Waals surface area contributed by atoms with Gasteiger partial charge in [0.2, 0.25) is 0 Å². The van der Waals surface area contributed by atoms with Gasteiger partial charge in [-0.15, -0.1) is 0 Å². The third kappa shape index (κ3) is 2.47. The fraction of sp³-hybridized carbons (Fsp3) is 0.231. The van der Waals surface area contributed by atoms with Gasteiger partial charge in [-0.25, -0.2) is 4.98 Å². The first kappa shape index (κ1) is 13.6. The number of imidazole rings is 1. The molecule has 1 amide bonds. The maximum absolute atomic E-state index is 12.5. The first-order chi connectivity index (χ1) is 10.1. The molecular weight excluding hydrogens is 296 g/mol. The molecule has 21 heavy (non-hydrogen) atoms. The number of aromatic nitrogens is 2. The summed E-state index contributed by atoms with van der Waals surface area (Å²) in [5.41, 5.74) is -0.00728. The molecule has 2 aromatic rings. The predicted octanol–water partition coefficient (Wildman–Crippen LogP) is 2.10. The van der Waals surface area contributed by atoms with Crippen LogP contribution in [-0.2, 0) is 13.1 Å². The summed E-state index contributed by atoms with van der Waals surface area (Å²) in [5, 5.41) is 11.0. The minimum absolute atomic E-state index is 0.144. The van der Waals surface area contributed by atoms with Crippen molar-refractivity contribution in [2.45, 2.75) is 13.1 Å². The van der Waals surface area contributed by atoms with Crippen LogP contribution in [0, 0.1) is 10.1 Å². The number of carbonyl (C=O) groups excluding carboxylic acids is 1. The van der Waals surface area contributed by atoms with Gasteiger partial charge in [0, 0.05) is 37.6 Å². The van der Waals surface area contributed by atoms with E-state index in [4.69, 9.17) is 11.6 Å². The van der Waals surface area contributed by atoms with Gasteiger partial charge in [-0.2, -0.15) is 0 Å². The van der Waals surface area contributed by atoms with Crippen LogP contribution in [0.4, 0.5) is 5.69 Å². The Balaban J connectivity index is 1.89. The zero-order valence-corrected chi connectivity index (χ0v) is 11.7. The number of amides is 1. The number of halogens is 1. The standard InChI is InChI=1S/C13H11ClN4O3/c14-11-2-1-9(18(20)21)7-10(11)13(19)17-6-5-16-4-3-15-12(16)8-17/h1-4,7H,5-6,8H2. The number of nitrogens with zero attached hydrogens (tertiary/aromatic N) is 4. The molecule has 2 heterocycles. The number of rotatable bonds is 2. The molecule has 1 aliphatic heterocycles. The molecule has 1 aromatic heterocycles. The predicted molar refractivity (Wildman–Crippen MR) is 75.1 cm³/mol. The number of carbonyl (C=O) groups is 1. The summed E-state index contributed by atoms with van der Waals surface area (Å²) in [7, 11) is 0. The minimum atomic E-state index is -0.546. The van der Waals surface area contributed by atoms with Crippen molar-refractivity contribution in [2.75, 3.05) is 6.54 Å². The van der Waals surface area contributed by atoms with Crippen molar-refractivity contribution in [1.82, 2.24) is 14.5 Å². The third-order valence-electron chi connectivity index (χ3n) is 3.42. The summed E-state index contributed by atoms with van der Waals surface area (Å²) < 4.78 is 1.97. The fourth-order valence-electron chi connectivity index (χ4n) is 2.31. The molecule has 1 aliphatic rings. The molecule has 7 nitrogen and oxygen atoms in total. The summed E-state index contributed by atoms with van der Waals surface area (Å²) in [6, 6.07) is 3.87. The molecule has 0 aliphatic carbocycles. The van der Waals surface area contributed by atoms with Crippen molar-refractivity contribution in [3.63, 3.8) is 0 Å². The highest BCUT2D eigenvalue weighted by atomic mass is 35.5. The normalized spacial score (nSPS) is 13.9. The molecule has 0 N–H and O–H groups in total. The Hall–Kier alpha value is -2.41. The van der Waals surface area contributed by atoms with Crippen LogP contribution in [-0.4, -0.2) is 31.8 Å². The Bertz CT molecular complexity index is 728. The van der Waals surface area contributed by atoms with Crippen LogP contribution < -0.4 is 0 Å². The van der Waals surface area contributed by atoms with Crippen LogP contribution in [0.5, 0.6) is 0 Å². The zero-order chi connectivity index (χ0) is 15.0. The topological polar surface area (TPSA) is 81.3 Å². The number of fused-ring (bicyclic) bond motifs is 1. The Morgan fingerprint density at radius 3 is 2.95 bits per heavy atom. The Kier molecular flexibility index (Phi) is 3.34. The maximum atomic E-state index is 12.5. The number of hydrogen-bond acceptors (Lipinski definition) is 4. The van der Waals surface area contributed by atoms with E-state index in [0.29, 0.717) is 19.6 Å². The van der Waals surface area contributed by atoms with Gasteiger partial charge >= 0.3 is 0 Å². The molecule has 0 atom stereocenters. The van der Waals surface area contributed by atoms with Crippen molar-refractivity contribution >= 4 is 23.2 Å². The molecule has 1 aromatic carbocycles. The van der Waals surface area contributed by atoms with E-state index in [9.17, 15) is 14.9 Å². The van der Waals surface area contributed by atoms with Gasteiger partial charge in [-0.3, -0.25) is 14.9 Å². The summed E-state index contributed by atoms with van der Waals surface area (Å²) in [6.07, 6.45) is 3.54. The lowest BCUT2D eigenvalue weighted by Gasteiger charge is -2.27. The second-order valence-corrected chi connectivity index (χ2v) is 5.09. The minimum Gasteiger partial charge on any atom is -0.332 e. The second-order valence-electron chi connectivity index (χ2n) is 4.68. The lowest BCUT2D eigenvalue weighted by molar-refractivity contribution is -0.384. The van der Waals surface area contributed by atoms with Gasteiger partial charge < -0.3 is 9.47 Å². The molecule has 0 bridgehead atoms. The van der Waals surface area contributed by atoms with E-state index >= 15 is 0 Å². The lowest BCUT2D eigenvalue weighted by atomic mass is 10.1. The molecule has 8 heteroatoms. The average Bonchev–Trinajstić information content (AvgIpc) is 2.94. The van der Waals surface area contributed by atoms with Crippen LogP contribution in [0.1, 0.15) is 16.2 Å². The molecule has 0 unspecified atom stereocenters. The summed E-state index contributed by atoms with van der Waals surface area (Å²) in [5.74, 6) is 0.467. The first-order valence-corrected chi connectivity index (χ1v) is 6.67. The van der Waals surface area contributed by atoms with Gasteiger partial charge in [0.25, 0.3) is 11.6 Å². The van der Waals surface area contributed by atoms with Crippen LogP contribution in [0.3, 0.4) is 0 Å². The van der Waals surface area contributed by atoms with Gasteiger partial charge in [0.05, 0.1) is 22.1 Å².